The van der Waals surface area contributed by atoms with Gasteiger partial charge in [-0.1, -0.05) is 13.3 Å². The van der Waals surface area contributed by atoms with Crippen molar-refractivity contribution in [1.82, 2.24) is 9.71 Å². The lowest BCUT2D eigenvalue weighted by molar-refractivity contribution is -0.117. The van der Waals surface area contributed by atoms with E-state index in [9.17, 15) is 13.2 Å². The molecule has 0 aliphatic carbocycles. The molecule has 2 rings (SSSR count). The maximum Gasteiger partial charge on any atom is 0.242 e. The summed E-state index contributed by atoms with van der Waals surface area (Å²) >= 11 is 0. The second-order valence-corrected chi connectivity index (χ2v) is 7.97. The summed E-state index contributed by atoms with van der Waals surface area (Å²) < 4.78 is 26.1. The van der Waals surface area contributed by atoms with Crippen LogP contribution in [0, 0.1) is 0 Å². The molecule has 134 valence electrons. The molecule has 1 aromatic heterocycles. The van der Waals surface area contributed by atoms with Crippen molar-refractivity contribution >= 4 is 27.4 Å². The number of amides is 1. The van der Waals surface area contributed by atoms with E-state index in [0.29, 0.717) is 12.1 Å². The molecule has 2 N–H and O–H groups in total. The van der Waals surface area contributed by atoms with Crippen LogP contribution in [0.25, 0.3) is 0 Å². The minimum atomic E-state index is -3.43. The Morgan fingerprint density at radius 2 is 2.04 bits per heavy atom. The minimum Gasteiger partial charge on any atom is -0.357 e. The molecule has 0 saturated carbocycles. The fourth-order valence-corrected chi connectivity index (χ4v) is 3.99. The molecule has 0 radical (unpaired) electrons. The van der Waals surface area contributed by atoms with Crippen LogP contribution in [0.15, 0.2) is 18.3 Å². The molecule has 2 heterocycles. The molecule has 0 spiro atoms. The Bertz CT molecular complexity index is 640. The summed E-state index contributed by atoms with van der Waals surface area (Å²) in [5, 5.41) is 2.69. The lowest BCUT2D eigenvalue weighted by atomic mass is 10.3. The van der Waals surface area contributed by atoms with E-state index in [0.717, 1.165) is 25.3 Å². The highest BCUT2D eigenvalue weighted by Gasteiger charge is 2.20. The van der Waals surface area contributed by atoms with Gasteiger partial charge in [-0.25, -0.2) is 18.1 Å². The van der Waals surface area contributed by atoms with E-state index in [1.165, 1.54) is 19.8 Å². The quantitative estimate of drug-likeness (QED) is 0.742. The molecule has 1 aliphatic heterocycles. The average Bonchev–Trinajstić information content (AvgIpc) is 3.07. The van der Waals surface area contributed by atoms with Gasteiger partial charge in [-0.15, -0.1) is 0 Å². The Kier molecular flexibility index (Phi) is 6.56. The molecule has 1 aromatic rings. The summed E-state index contributed by atoms with van der Waals surface area (Å²) in [5.41, 5.74) is 0.558. The highest BCUT2D eigenvalue weighted by molar-refractivity contribution is 7.89. The first-order valence-corrected chi connectivity index (χ1v) is 10.1. The van der Waals surface area contributed by atoms with E-state index in [2.05, 4.69) is 19.9 Å². The molecular formula is C16H26N4O3S. The number of pyridine rings is 1. The predicted octanol–water partition coefficient (Wildman–Crippen LogP) is 1.73. The Morgan fingerprint density at radius 1 is 1.33 bits per heavy atom. The van der Waals surface area contributed by atoms with Crippen LogP contribution in [-0.2, 0) is 14.8 Å². The van der Waals surface area contributed by atoms with Crippen molar-refractivity contribution in [1.29, 1.82) is 0 Å². The van der Waals surface area contributed by atoms with Crippen LogP contribution < -0.4 is 14.9 Å². The SMILES string of the molecule is CCCCS(=O)(=O)N[C@@H](C)C(=O)Nc1ccc(N2CCCC2)nc1. The first-order valence-electron chi connectivity index (χ1n) is 8.43. The Labute approximate surface area is 143 Å². The zero-order valence-electron chi connectivity index (χ0n) is 14.3. The van der Waals surface area contributed by atoms with Gasteiger partial charge in [0.25, 0.3) is 0 Å². The third-order valence-electron chi connectivity index (χ3n) is 3.96. The van der Waals surface area contributed by atoms with Crippen LogP contribution >= 0.6 is 0 Å². The summed E-state index contributed by atoms with van der Waals surface area (Å²) in [6, 6.07) is 2.83. The molecule has 1 amide bonds. The lowest BCUT2D eigenvalue weighted by Crippen LogP contribution is -2.42. The number of rotatable bonds is 8. The third-order valence-corrected chi connectivity index (χ3v) is 5.50. The monoisotopic (exact) mass is 354 g/mol. The maximum absolute atomic E-state index is 12.1. The Hall–Kier alpha value is -1.67. The predicted molar refractivity (Wildman–Crippen MR) is 95.6 cm³/mol. The lowest BCUT2D eigenvalue weighted by Gasteiger charge is -2.17. The van der Waals surface area contributed by atoms with E-state index in [1.54, 1.807) is 12.3 Å². The molecule has 0 aromatic carbocycles. The van der Waals surface area contributed by atoms with Crippen molar-refractivity contribution in [2.24, 2.45) is 0 Å². The molecule has 1 fully saturated rings. The van der Waals surface area contributed by atoms with Crippen molar-refractivity contribution in [3.8, 4) is 0 Å². The Balaban J connectivity index is 1.89. The van der Waals surface area contributed by atoms with Crippen molar-refractivity contribution in [2.45, 2.75) is 45.6 Å². The molecule has 7 nitrogen and oxygen atoms in total. The molecule has 1 atom stereocenters. The van der Waals surface area contributed by atoms with Gasteiger partial charge in [0.05, 0.1) is 23.7 Å². The van der Waals surface area contributed by atoms with Gasteiger partial charge in [0, 0.05) is 13.1 Å². The number of hydrogen-bond donors (Lipinski definition) is 2. The van der Waals surface area contributed by atoms with Crippen LogP contribution in [-0.4, -0.2) is 44.2 Å². The van der Waals surface area contributed by atoms with Crippen LogP contribution in [0.2, 0.25) is 0 Å². The van der Waals surface area contributed by atoms with Gasteiger partial charge in [-0.3, -0.25) is 4.79 Å². The largest absolute Gasteiger partial charge is 0.357 e. The fourth-order valence-electron chi connectivity index (χ4n) is 2.56. The molecule has 0 unspecified atom stereocenters. The molecule has 8 heteroatoms. The number of aromatic nitrogens is 1. The smallest absolute Gasteiger partial charge is 0.242 e. The van der Waals surface area contributed by atoms with Crippen LogP contribution in [0.5, 0.6) is 0 Å². The van der Waals surface area contributed by atoms with Crippen molar-refractivity contribution in [2.75, 3.05) is 29.1 Å². The van der Waals surface area contributed by atoms with E-state index < -0.39 is 22.0 Å². The first-order chi connectivity index (χ1) is 11.4. The van der Waals surface area contributed by atoms with Gasteiger partial charge in [0.1, 0.15) is 5.82 Å². The minimum absolute atomic E-state index is 0.0349. The molecule has 0 bridgehead atoms. The fraction of sp³-hybridized carbons (Fsp3) is 0.625. The van der Waals surface area contributed by atoms with E-state index >= 15 is 0 Å². The van der Waals surface area contributed by atoms with Crippen molar-refractivity contribution < 1.29 is 13.2 Å². The van der Waals surface area contributed by atoms with Gasteiger partial charge >= 0.3 is 0 Å². The number of nitrogens with zero attached hydrogens (tertiary/aromatic N) is 2. The summed E-state index contributed by atoms with van der Waals surface area (Å²) in [5.74, 6) is 0.539. The number of unbranched alkanes of at least 4 members (excludes halogenated alkanes) is 1. The summed E-state index contributed by atoms with van der Waals surface area (Å²) in [7, 11) is -3.43. The number of nitrogens with one attached hydrogen (secondary N) is 2. The molecular weight excluding hydrogens is 328 g/mol. The highest BCUT2D eigenvalue weighted by atomic mass is 32.2. The number of anilines is 2. The van der Waals surface area contributed by atoms with Gasteiger partial charge in [-0.05, 0) is 38.3 Å². The average molecular weight is 354 g/mol. The van der Waals surface area contributed by atoms with E-state index in [1.807, 2.05) is 13.0 Å². The van der Waals surface area contributed by atoms with Gasteiger partial charge in [0.15, 0.2) is 0 Å². The summed E-state index contributed by atoms with van der Waals surface area (Å²) in [4.78, 5) is 18.7. The highest BCUT2D eigenvalue weighted by Crippen LogP contribution is 2.19. The number of hydrogen-bond acceptors (Lipinski definition) is 5. The van der Waals surface area contributed by atoms with Gasteiger partial charge in [-0.2, -0.15) is 0 Å². The molecule has 1 aliphatic rings. The standard InChI is InChI=1S/C16H26N4O3S/c1-3-4-11-24(22,23)19-13(2)16(21)18-14-7-8-15(17-12-14)20-9-5-6-10-20/h7-8,12-13,19H,3-6,9-11H2,1-2H3,(H,18,21)/t13-/m0/s1. The first kappa shape index (κ1) is 18.7. The third kappa shape index (κ3) is 5.45. The second kappa shape index (κ2) is 8.43. The van der Waals surface area contributed by atoms with E-state index in [4.69, 9.17) is 0 Å². The molecule has 1 saturated heterocycles. The van der Waals surface area contributed by atoms with Crippen LogP contribution in [0.4, 0.5) is 11.5 Å². The summed E-state index contributed by atoms with van der Waals surface area (Å²) in [6.45, 7) is 5.47. The normalized spacial score (nSPS) is 16.2. The second-order valence-electron chi connectivity index (χ2n) is 6.10. The van der Waals surface area contributed by atoms with Crippen molar-refractivity contribution in [3.63, 3.8) is 0 Å². The van der Waals surface area contributed by atoms with Crippen molar-refractivity contribution in [3.05, 3.63) is 18.3 Å². The maximum atomic E-state index is 12.1. The molecule has 24 heavy (non-hydrogen) atoms. The zero-order chi connectivity index (χ0) is 17.6. The number of sulfonamides is 1. The topological polar surface area (TPSA) is 91.4 Å². The van der Waals surface area contributed by atoms with Gasteiger partial charge in [0.2, 0.25) is 15.9 Å². The number of carbonyl (C=O) groups is 1. The van der Waals surface area contributed by atoms with E-state index in [-0.39, 0.29) is 5.75 Å². The summed E-state index contributed by atoms with van der Waals surface area (Å²) in [6.07, 6.45) is 5.32. The number of carbonyl (C=O) groups excluding carboxylic acids is 1. The van der Waals surface area contributed by atoms with Crippen LogP contribution in [0.1, 0.15) is 39.5 Å². The van der Waals surface area contributed by atoms with Gasteiger partial charge < -0.3 is 10.2 Å². The zero-order valence-corrected chi connectivity index (χ0v) is 15.1. The Morgan fingerprint density at radius 3 is 2.62 bits per heavy atom. The van der Waals surface area contributed by atoms with Crippen LogP contribution in [0.3, 0.4) is 0 Å².